The molecule has 1 atom stereocenters. The first kappa shape index (κ1) is 26.3. The lowest BCUT2D eigenvalue weighted by Gasteiger charge is -2.40. The lowest BCUT2D eigenvalue weighted by Crippen LogP contribution is -2.33. The summed E-state index contributed by atoms with van der Waals surface area (Å²) in [5.41, 5.74) is 18.1. The number of nitrogens with zero attached hydrogens (tertiary/aromatic N) is 1. The second-order valence-electron chi connectivity index (χ2n) is 13.8. The zero-order valence-corrected chi connectivity index (χ0v) is 26.2. The van der Waals surface area contributed by atoms with Crippen LogP contribution in [0, 0.1) is 0 Å². The average Bonchev–Trinajstić information content (AvgIpc) is 3.45. The molecule has 6 aromatic rings. The number of nitrogens with one attached hydrogen (secondary N) is 1. The number of fused-ring (bicyclic) bond motifs is 9. The van der Waals surface area contributed by atoms with E-state index in [2.05, 4.69) is 171 Å². The van der Waals surface area contributed by atoms with E-state index in [4.69, 9.17) is 0 Å². The summed E-state index contributed by atoms with van der Waals surface area (Å²) >= 11 is 0. The molecule has 0 saturated carbocycles. The van der Waals surface area contributed by atoms with Crippen LogP contribution in [0.25, 0.3) is 33.4 Å². The van der Waals surface area contributed by atoms with E-state index in [1.807, 2.05) is 0 Å². The van der Waals surface area contributed by atoms with E-state index in [1.54, 1.807) is 0 Å². The third-order valence-electron chi connectivity index (χ3n) is 10.7. The third-order valence-corrected chi connectivity index (χ3v) is 10.7. The monoisotopic (exact) mass is 580 g/mol. The quantitative estimate of drug-likeness (QED) is 0.224. The molecular formula is C43H36N2. The molecule has 0 radical (unpaired) electrons. The molecule has 0 amide bonds. The third kappa shape index (κ3) is 3.57. The van der Waals surface area contributed by atoms with Crippen molar-refractivity contribution >= 4 is 17.1 Å². The van der Waals surface area contributed by atoms with Crippen LogP contribution < -0.4 is 10.2 Å². The highest BCUT2D eigenvalue weighted by Gasteiger charge is 2.41. The molecule has 0 spiro atoms. The molecule has 0 saturated heterocycles. The van der Waals surface area contributed by atoms with Gasteiger partial charge in [-0.25, -0.2) is 0 Å². The smallest absolute Gasteiger partial charge is 0.131 e. The van der Waals surface area contributed by atoms with Gasteiger partial charge in [-0.3, -0.25) is 0 Å². The molecule has 218 valence electrons. The fourth-order valence-electron chi connectivity index (χ4n) is 8.46. The van der Waals surface area contributed by atoms with Crippen molar-refractivity contribution in [2.45, 2.75) is 44.7 Å². The van der Waals surface area contributed by atoms with E-state index in [0.29, 0.717) is 0 Å². The number of hydrogen-bond acceptors (Lipinski definition) is 2. The van der Waals surface area contributed by atoms with Crippen LogP contribution in [-0.2, 0) is 10.8 Å². The van der Waals surface area contributed by atoms with Crippen LogP contribution in [0.2, 0.25) is 0 Å². The van der Waals surface area contributed by atoms with Crippen LogP contribution >= 0.6 is 0 Å². The molecule has 0 aromatic heterocycles. The Bertz CT molecular complexity index is 2170. The predicted octanol–water partition coefficient (Wildman–Crippen LogP) is 11.2. The van der Waals surface area contributed by atoms with E-state index in [0.717, 1.165) is 5.69 Å². The van der Waals surface area contributed by atoms with Crippen molar-refractivity contribution in [1.29, 1.82) is 0 Å². The summed E-state index contributed by atoms with van der Waals surface area (Å²) in [4.78, 5) is 2.57. The number of benzene rings is 6. The van der Waals surface area contributed by atoms with Gasteiger partial charge in [-0.15, -0.1) is 0 Å². The summed E-state index contributed by atoms with van der Waals surface area (Å²) in [5.74, 6) is 0. The normalized spacial score (nSPS) is 17.2. The summed E-state index contributed by atoms with van der Waals surface area (Å²) in [6, 6.07) is 49.6. The minimum Gasteiger partial charge on any atom is -0.361 e. The first-order valence-electron chi connectivity index (χ1n) is 16.1. The molecular weight excluding hydrogens is 544 g/mol. The topological polar surface area (TPSA) is 15.3 Å². The van der Waals surface area contributed by atoms with Crippen molar-refractivity contribution in [3.63, 3.8) is 0 Å². The lowest BCUT2D eigenvalue weighted by atomic mass is 9.82. The zero-order chi connectivity index (χ0) is 30.5. The highest BCUT2D eigenvalue weighted by Crippen LogP contribution is 2.56. The molecule has 1 heterocycles. The maximum absolute atomic E-state index is 4.02. The molecule has 0 bridgehead atoms. The average molecular weight is 581 g/mol. The van der Waals surface area contributed by atoms with Crippen molar-refractivity contribution in [2.75, 3.05) is 10.2 Å². The van der Waals surface area contributed by atoms with Gasteiger partial charge in [0.05, 0.1) is 5.69 Å². The Balaban J connectivity index is 1.33. The van der Waals surface area contributed by atoms with Gasteiger partial charge < -0.3 is 10.2 Å². The van der Waals surface area contributed by atoms with Crippen LogP contribution in [0.15, 0.2) is 133 Å². The van der Waals surface area contributed by atoms with Crippen molar-refractivity contribution < 1.29 is 0 Å². The predicted molar refractivity (Wildman–Crippen MR) is 188 cm³/mol. The SMILES string of the molecule is CC1(C)c2ccccc2-c2ccc(N(c3cccc4c3-c3ccccc3C4(C)C)C3Nc4ccccc4-c4ccccc43)cc21. The second kappa shape index (κ2) is 9.22. The van der Waals surface area contributed by atoms with Crippen LogP contribution in [0.4, 0.5) is 17.1 Å². The molecule has 1 aliphatic heterocycles. The van der Waals surface area contributed by atoms with Crippen LogP contribution in [0.1, 0.15) is 61.7 Å². The molecule has 3 aliphatic rings. The van der Waals surface area contributed by atoms with Crippen molar-refractivity contribution in [3.8, 4) is 33.4 Å². The fraction of sp³-hybridized carbons (Fsp3) is 0.163. The maximum Gasteiger partial charge on any atom is 0.131 e. The Morgan fingerprint density at radius 3 is 1.87 bits per heavy atom. The van der Waals surface area contributed by atoms with Gasteiger partial charge >= 0.3 is 0 Å². The van der Waals surface area contributed by atoms with Gasteiger partial charge in [0.25, 0.3) is 0 Å². The van der Waals surface area contributed by atoms with E-state index >= 15 is 0 Å². The molecule has 2 heteroatoms. The lowest BCUT2D eigenvalue weighted by molar-refractivity contribution is 0.659. The van der Waals surface area contributed by atoms with Crippen molar-refractivity contribution in [3.05, 3.63) is 161 Å². The summed E-state index contributed by atoms with van der Waals surface area (Å²) in [6.07, 6.45) is -0.108. The Morgan fingerprint density at radius 1 is 0.489 bits per heavy atom. The zero-order valence-electron chi connectivity index (χ0n) is 26.2. The van der Waals surface area contributed by atoms with Crippen molar-refractivity contribution in [2.24, 2.45) is 0 Å². The van der Waals surface area contributed by atoms with E-state index in [-0.39, 0.29) is 17.0 Å². The van der Waals surface area contributed by atoms with Gasteiger partial charge in [0.15, 0.2) is 0 Å². The van der Waals surface area contributed by atoms with E-state index in [9.17, 15) is 0 Å². The number of para-hydroxylation sites is 1. The summed E-state index contributed by atoms with van der Waals surface area (Å²) in [7, 11) is 0. The Kier molecular flexibility index (Phi) is 5.39. The van der Waals surface area contributed by atoms with Gasteiger partial charge in [0.1, 0.15) is 6.17 Å². The summed E-state index contributed by atoms with van der Waals surface area (Å²) < 4.78 is 0. The molecule has 2 aliphatic carbocycles. The van der Waals surface area contributed by atoms with Gasteiger partial charge in [-0.1, -0.05) is 137 Å². The fourth-order valence-corrected chi connectivity index (χ4v) is 8.46. The van der Waals surface area contributed by atoms with Gasteiger partial charge in [0.2, 0.25) is 0 Å². The highest BCUT2D eigenvalue weighted by atomic mass is 15.3. The summed E-state index contributed by atoms with van der Waals surface area (Å²) in [5, 5.41) is 4.02. The van der Waals surface area contributed by atoms with Gasteiger partial charge in [0, 0.05) is 38.9 Å². The minimum atomic E-state index is -0.108. The molecule has 45 heavy (non-hydrogen) atoms. The Labute approximate surface area is 266 Å². The van der Waals surface area contributed by atoms with Crippen LogP contribution in [0.3, 0.4) is 0 Å². The molecule has 2 nitrogen and oxygen atoms in total. The van der Waals surface area contributed by atoms with Gasteiger partial charge in [-0.05, 0) is 68.8 Å². The van der Waals surface area contributed by atoms with E-state index in [1.165, 1.54) is 72.6 Å². The molecule has 6 aromatic carbocycles. The van der Waals surface area contributed by atoms with E-state index < -0.39 is 0 Å². The first-order valence-corrected chi connectivity index (χ1v) is 16.1. The first-order chi connectivity index (χ1) is 21.9. The van der Waals surface area contributed by atoms with Crippen LogP contribution in [-0.4, -0.2) is 0 Å². The summed E-state index contributed by atoms with van der Waals surface area (Å²) in [6.45, 7) is 9.47. The highest BCUT2D eigenvalue weighted by molar-refractivity contribution is 5.94. The Morgan fingerprint density at radius 2 is 1.07 bits per heavy atom. The second-order valence-corrected chi connectivity index (χ2v) is 13.8. The molecule has 0 fully saturated rings. The largest absolute Gasteiger partial charge is 0.361 e. The van der Waals surface area contributed by atoms with Gasteiger partial charge in [-0.2, -0.15) is 0 Å². The number of rotatable bonds is 3. The molecule has 1 unspecified atom stereocenters. The number of hydrogen-bond donors (Lipinski definition) is 1. The molecule has 9 rings (SSSR count). The molecule has 1 N–H and O–H groups in total. The maximum atomic E-state index is 4.02. The minimum absolute atomic E-state index is 0.0837. The number of anilines is 3. The van der Waals surface area contributed by atoms with Crippen LogP contribution in [0.5, 0.6) is 0 Å². The Hall–Kier alpha value is -5.08. The van der Waals surface area contributed by atoms with Crippen molar-refractivity contribution in [1.82, 2.24) is 0 Å². The standard InChI is InChI=1S/C43H36N2/c1-42(2)35-20-11-8-18-33(35)40-36(42)21-13-23-39(40)45(41-32-17-6-5-14-28(32)31-16-9-12-22-38(31)44-41)27-24-25-30-29-15-7-10-19-34(29)43(3,4)37(30)26-27/h5-26,41,44H,1-4H3.